The molecule has 9 heteroatoms. The van der Waals surface area contributed by atoms with E-state index >= 15 is 0 Å². The van der Waals surface area contributed by atoms with Gasteiger partial charge in [-0.1, -0.05) is 29.8 Å². The molecule has 3 N–H and O–H groups in total. The monoisotopic (exact) mass is 493 g/mol. The first-order valence-electron chi connectivity index (χ1n) is 9.26. The van der Waals surface area contributed by atoms with Crippen molar-refractivity contribution in [1.82, 2.24) is 16.2 Å². The summed E-state index contributed by atoms with van der Waals surface area (Å²) in [5.41, 5.74) is 6.25. The van der Waals surface area contributed by atoms with Gasteiger partial charge in [0.25, 0.3) is 11.8 Å². The molecular weight excluding hydrogens is 470 g/mol. The Kier molecular flexibility index (Phi) is 9.07. The van der Waals surface area contributed by atoms with Crippen molar-refractivity contribution in [2.24, 2.45) is 5.92 Å². The van der Waals surface area contributed by atoms with Crippen molar-refractivity contribution in [3.63, 3.8) is 0 Å². The number of amides is 2. The summed E-state index contributed by atoms with van der Waals surface area (Å²) in [6.45, 7) is 6.43. The van der Waals surface area contributed by atoms with Gasteiger partial charge in [-0.3, -0.25) is 25.8 Å². The van der Waals surface area contributed by atoms with Gasteiger partial charge in [0, 0.05) is 10.0 Å². The lowest BCUT2D eigenvalue weighted by molar-refractivity contribution is -0.123. The third-order valence-electron chi connectivity index (χ3n) is 3.74. The number of aryl methyl sites for hydroxylation is 1. The Hall–Kier alpha value is -2.65. The van der Waals surface area contributed by atoms with Crippen LogP contribution in [0.3, 0.4) is 0 Å². The zero-order valence-electron chi connectivity index (χ0n) is 17.0. The Morgan fingerprint density at radius 2 is 1.70 bits per heavy atom. The molecule has 0 aromatic heterocycles. The summed E-state index contributed by atoms with van der Waals surface area (Å²) in [6, 6.07) is 12.1. The average molecular weight is 494 g/mol. The molecule has 0 fully saturated rings. The number of hydrogen-bond donors (Lipinski definition) is 3. The third-order valence-corrected chi connectivity index (χ3v) is 4.84. The SMILES string of the molecule is Cc1cc(OCC(=O)NNC(=S)NC(=O)c2ccc(OCC(C)C)cc2)ccc1Br. The molecule has 0 spiro atoms. The zero-order chi connectivity index (χ0) is 22.1. The molecule has 0 aliphatic carbocycles. The van der Waals surface area contributed by atoms with E-state index in [1.54, 1.807) is 30.3 Å². The van der Waals surface area contributed by atoms with E-state index in [0.29, 0.717) is 29.6 Å². The van der Waals surface area contributed by atoms with E-state index in [0.717, 1.165) is 10.0 Å². The highest BCUT2D eigenvalue weighted by atomic mass is 79.9. The number of thiocarbonyl (C=S) groups is 1. The molecule has 0 heterocycles. The van der Waals surface area contributed by atoms with Crippen molar-refractivity contribution >= 4 is 45.1 Å². The molecule has 0 aliphatic rings. The van der Waals surface area contributed by atoms with Crippen LogP contribution in [0, 0.1) is 12.8 Å². The number of hydrazine groups is 1. The summed E-state index contributed by atoms with van der Waals surface area (Å²) in [5, 5.41) is 2.45. The van der Waals surface area contributed by atoms with Crippen LogP contribution in [0.5, 0.6) is 11.5 Å². The average Bonchev–Trinajstić information content (AvgIpc) is 2.72. The predicted molar refractivity (Wildman–Crippen MR) is 122 cm³/mol. The van der Waals surface area contributed by atoms with E-state index in [4.69, 9.17) is 21.7 Å². The molecule has 2 aromatic rings. The molecule has 160 valence electrons. The molecule has 0 saturated carbocycles. The largest absolute Gasteiger partial charge is 0.493 e. The van der Waals surface area contributed by atoms with Crippen LogP contribution in [-0.4, -0.2) is 30.1 Å². The number of rotatable bonds is 7. The molecule has 0 aliphatic heterocycles. The molecular formula is C21H24BrN3O4S. The van der Waals surface area contributed by atoms with E-state index < -0.39 is 11.8 Å². The molecule has 30 heavy (non-hydrogen) atoms. The number of hydrogen-bond acceptors (Lipinski definition) is 5. The van der Waals surface area contributed by atoms with E-state index in [1.165, 1.54) is 0 Å². The Labute approximate surface area is 189 Å². The molecule has 0 atom stereocenters. The topological polar surface area (TPSA) is 88.7 Å². The number of carbonyl (C=O) groups excluding carboxylic acids is 2. The molecule has 0 bridgehead atoms. The van der Waals surface area contributed by atoms with Crippen LogP contribution in [0.15, 0.2) is 46.9 Å². The van der Waals surface area contributed by atoms with Gasteiger partial charge in [-0.05, 0) is 73.1 Å². The highest BCUT2D eigenvalue weighted by Crippen LogP contribution is 2.21. The van der Waals surface area contributed by atoms with Gasteiger partial charge in [0.05, 0.1) is 6.61 Å². The molecule has 7 nitrogen and oxygen atoms in total. The van der Waals surface area contributed by atoms with E-state index in [-0.39, 0.29) is 11.7 Å². The molecule has 2 amide bonds. The minimum atomic E-state index is -0.446. The summed E-state index contributed by atoms with van der Waals surface area (Å²) in [6.07, 6.45) is 0. The summed E-state index contributed by atoms with van der Waals surface area (Å²) in [5.74, 6) is 0.824. The Morgan fingerprint density at radius 1 is 1.03 bits per heavy atom. The third kappa shape index (κ3) is 8.00. The van der Waals surface area contributed by atoms with Crippen LogP contribution in [0.1, 0.15) is 29.8 Å². The highest BCUT2D eigenvalue weighted by Gasteiger charge is 2.10. The first kappa shape index (κ1) is 23.6. The van der Waals surface area contributed by atoms with Gasteiger partial charge in [0.15, 0.2) is 11.7 Å². The lowest BCUT2D eigenvalue weighted by Gasteiger charge is -2.12. The second kappa shape index (κ2) is 11.5. The smallest absolute Gasteiger partial charge is 0.276 e. The van der Waals surface area contributed by atoms with E-state index in [9.17, 15) is 9.59 Å². The normalized spacial score (nSPS) is 10.3. The fourth-order valence-corrected chi connectivity index (χ4v) is 2.58. The van der Waals surface area contributed by atoms with Crippen LogP contribution < -0.4 is 25.6 Å². The van der Waals surface area contributed by atoms with Gasteiger partial charge in [0.1, 0.15) is 11.5 Å². The fraction of sp³-hybridized carbons (Fsp3) is 0.286. The maximum Gasteiger partial charge on any atom is 0.276 e. The minimum Gasteiger partial charge on any atom is -0.493 e. The van der Waals surface area contributed by atoms with Gasteiger partial charge >= 0.3 is 0 Å². The first-order valence-corrected chi connectivity index (χ1v) is 10.5. The second-order valence-corrected chi connectivity index (χ2v) is 8.15. The number of ether oxygens (including phenoxy) is 2. The van der Waals surface area contributed by atoms with Crippen molar-refractivity contribution in [2.45, 2.75) is 20.8 Å². The predicted octanol–water partition coefficient (Wildman–Crippen LogP) is 3.51. The van der Waals surface area contributed by atoms with Crippen molar-refractivity contribution in [3.05, 3.63) is 58.1 Å². The summed E-state index contributed by atoms with van der Waals surface area (Å²) in [7, 11) is 0. The maximum atomic E-state index is 12.2. The van der Waals surface area contributed by atoms with Crippen molar-refractivity contribution in [3.8, 4) is 11.5 Å². The molecule has 0 radical (unpaired) electrons. The standard InChI is InChI=1S/C21H24BrN3O4S/c1-13(2)11-28-16-6-4-15(5-7-16)20(27)23-21(30)25-24-19(26)12-29-17-8-9-18(22)14(3)10-17/h4-10,13H,11-12H2,1-3H3,(H,24,26)(H2,23,25,27,30). The fourth-order valence-electron chi connectivity index (χ4n) is 2.19. The van der Waals surface area contributed by atoms with Gasteiger partial charge in [-0.2, -0.15) is 0 Å². The number of carbonyl (C=O) groups is 2. The van der Waals surface area contributed by atoms with E-state index in [2.05, 4.69) is 45.9 Å². The Morgan fingerprint density at radius 3 is 2.33 bits per heavy atom. The molecule has 2 aromatic carbocycles. The lowest BCUT2D eigenvalue weighted by Crippen LogP contribution is -2.49. The second-order valence-electron chi connectivity index (χ2n) is 6.89. The first-order chi connectivity index (χ1) is 14.2. The van der Waals surface area contributed by atoms with Crippen LogP contribution >= 0.6 is 28.1 Å². The lowest BCUT2D eigenvalue weighted by atomic mass is 10.2. The van der Waals surface area contributed by atoms with Crippen LogP contribution in [-0.2, 0) is 4.79 Å². The Bertz CT molecular complexity index is 904. The number of nitrogens with one attached hydrogen (secondary N) is 3. The summed E-state index contributed by atoms with van der Waals surface area (Å²) < 4.78 is 12.0. The molecule has 0 unspecified atom stereocenters. The van der Waals surface area contributed by atoms with Crippen molar-refractivity contribution in [1.29, 1.82) is 0 Å². The highest BCUT2D eigenvalue weighted by molar-refractivity contribution is 9.10. The van der Waals surface area contributed by atoms with Crippen LogP contribution in [0.2, 0.25) is 0 Å². The number of halogens is 1. The summed E-state index contributed by atoms with van der Waals surface area (Å²) >= 11 is 8.43. The van der Waals surface area contributed by atoms with Gasteiger partial charge in [0.2, 0.25) is 0 Å². The van der Waals surface area contributed by atoms with Crippen LogP contribution in [0.4, 0.5) is 0 Å². The van der Waals surface area contributed by atoms with Gasteiger partial charge in [-0.25, -0.2) is 0 Å². The zero-order valence-corrected chi connectivity index (χ0v) is 19.4. The summed E-state index contributed by atoms with van der Waals surface area (Å²) in [4.78, 5) is 24.1. The van der Waals surface area contributed by atoms with Crippen LogP contribution in [0.25, 0.3) is 0 Å². The molecule has 0 saturated heterocycles. The van der Waals surface area contributed by atoms with Gasteiger partial charge < -0.3 is 9.47 Å². The minimum absolute atomic E-state index is 0.0343. The maximum absolute atomic E-state index is 12.2. The molecule has 2 rings (SSSR count). The quantitative estimate of drug-likeness (QED) is 0.404. The van der Waals surface area contributed by atoms with Crippen molar-refractivity contribution < 1.29 is 19.1 Å². The van der Waals surface area contributed by atoms with Gasteiger partial charge in [-0.15, -0.1) is 0 Å². The Balaban J connectivity index is 1.73. The number of benzene rings is 2. The van der Waals surface area contributed by atoms with E-state index in [1.807, 2.05) is 19.1 Å². The van der Waals surface area contributed by atoms with Crippen molar-refractivity contribution in [2.75, 3.05) is 13.2 Å².